The number of nitrogens with zero attached hydrogens (tertiary/aromatic N) is 1. The summed E-state index contributed by atoms with van der Waals surface area (Å²) in [5.41, 5.74) is 2.06. The first-order valence-electron chi connectivity index (χ1n) is 8.24. The second kappa shape index (κ2) is 6.32. The van der Waals surface area contributed by atoms with E-state index in [-0.39, 0.29) is 24.0 Å². The number of benzene rings is 1. The van der Waals surface area contributed by atoms with Crippen LogP contribution in [0.15, 0.2) is 22.6 Å². The number of anilines is 1. The highest BCUT2D eigenvalue weighted by Crippen LogP contribution is 2.27. The number of oxazole rings is 1. The van der Waals surface area contributed by atoms with Gasteiger partial charge in [0.15, 0.2) is 5.58 Å². The van der Waals surface area contributed by atoms with Crippen LogP contribution in [0.4, 0.5) is 5.69 Å². The lowest BCUT2D eigenvalue weighted by molar-refractivity contribution is -0.122. The van der Waals surface area contributed by atoms with Gasteiger partial charge in [-0.15, -0.1) is 0 Å². The third kappa shape index (κ3) is 3.91. The van der Waals surface area contributed by atoms with Gasteiger partial charge in [-0.1, -0.05) is 33.6 Å². The molecule has 0 radical (unpaired) electrons. The van der Waals surface area contributed by atoms with Crippen molar-refractivity contribution in [3.05, 3.63) is 24.1 Å². The fourth-order valence-corrected chi connectivity index (χ4v) is 2.77. The molecule has 0 unspecified atom stereocenters. The van der Waals surface area contributed by atoms with E-state index in [2.05, 4.69) is 31.1 Å². The molecule has 5 nitrogen and oxygen atoms in total. The van der Waals surface area contributed by atoms with Gasteiger partial charge < -0.3 is 14.5 Å². The van der Waals surface area contributed by atoms with Gasteiger partial charge in [-0.2, -0.15) is 0 Å². The Morgan fingerprint density at radius 2 is 2.09 bits per heavy atom. The summed E-state index contributed by atoms with van der Waals surface area (Å²) >= 11 is 0. The lowest BCUT2D eigenvalue weighted by Gasteiger charge is -2.11. The Hall–Kier alpha value is -1.88. The van der Waals surface area contributed by atoms with Crippen molar-refractivity contribution in [2.75, 3.05) is 11.9 Å². The lowest BCUT2D eigenvalue weighted by Crippen LogP contribution is -2.21. The first-order valence-corrected chi connectivity index (χ1v) is 8.24. The van der Waals surface area contributed by atoms with Gasteiger partial charge in [0, 0.05) is 11.1 Å². The number of nitrogens with one attached hydrogen (secondary N) is 1. The number of ether oxygens (including phenoxy) is 1. The molecule has 1 aliphatic rings. The second-order valence-electron chi connectivity index (χ2n) is 7.22. The number of hydrogen-bond acceptors (Lipinski definition) is 4. The van der Waals surface area contributed by atoms with Crippen LogP contribution in [0.2, 0.25) is 0 Å². The van der Waals surface area contributed by atoms with Crippen LogP contribution in [0.1, 0.15) is 52.3 Å². The summed E-state index contributed by atoms with van der Waals surface area (Å²) in [7, 11) is 0. The van der Waals surface area contributed by atoms with Crippen LogP contribution in [-0.2, 0) is 14.9 Å². The molecule has 1 aromatic carbocycles. The van der Waals surface area contributed by atoms with Crippen LogP contribution < -0.4 is 5.32 Å². The molecule has 0 aliphatic heterocycles. The molecule has 2 aromatic rings. The van der Waals surface area contributed by atoms with Crippen molar-refractivity contribution in [2.45, 2.75) is 58.0 Å². The molecule has 1 saturated carbocycles. The Morgan fingerprint density at radius 3 is 2.78 bits per heavy atom. The summed E-state index contributed by atoms with van der Waals surface area (Å²) in [5.74, 6) is 0.566. The fraction of sp³-hybridized carbons (Fsp3) is 0.556. The summed E-state index contributed by atoms with van der Waals surface area (Å²) in [5, 5.41) is 2.86. The van der Waals surface area contributed by atoms with Crippen molar-refractivity contribution in [3.8, 4) is 0 Å². The van der Waals surface area contributed by atoms with E-state index >= 15 is 0 Å². The van der Waals surface area contributed by atoms with Crippen molar-refractivity contribution in [3.63, 3.8) is 0 Å². The number of aromatic nitrogens is 1. The zero-order chi connectivity index (χ0) is 16.4. The SMILES string of the molecule is CC(C)(C)c1nc2cc(NC(=O)COC3CCCC3)ccc2o1. The first kappa shape index (κ1) is 16.0. The Kier molecular flexibility index (Phi) is 4.39. The molecule has 1 fully saturated rings. The van der Waals surface area contributed by atoms with Crippen LogP contribution in [0, 0.1) is 0 Å². The predicted octanol–water partition coefficient (Wildman–Crippen LogP) is 4.02. The van der Waals surface area contributed by atoms with Crippen LogP contribution in [-0.4, -0.2) is 23.6 Å². The average Bonchev–Trinajstić information content (AvgIpc) is 3.13. The number of fused-ring (bicyclic) bond motifs is 1. The van der Waals surface area contributed by atoms with E-state index in [9.17, 15) is 4.79 Å². The highest BCUT2D eigenvalue weighted by atomic mass is 16.5. The summed E-state index contributed by atoms with van der Waals surface area (Å²) in [6.45, 7) is 6.27. The first-order chi connectivity index (χ1) is 10.9. The van der Waals surface area contributed by atoms with Gasteiger partial charge in [0.1, 0.15) is 12.1 Å². The van der Waals surface area contributed by atoms with Crippen molar-refractivity contribution >= 4 is 22.7 Å². The van der Waals surface area contributed by atoms with Crippen LogP contribution in [0.3, 0.4) is 0 Å². The molecule has 1 aliphatic carbocycles. The normalized spacial score (nSPS) is 16.1. The van der Waals surface area contributed by atoms with Crippen molar-refractivity contribution in [1.29, 1.82) is 0 Å². The molecular weight excluding hydrogens is 292 g/mol. The minimum Gasteiger partial charge on any atom is -0.440 e. The second-order valence-corrected chi connectivity index (χ2v) is 7.22. The van der Waals surface area contributed by atoms with Gasteiger partial charge in [0.25, 0.3) is 0 Å². The molecule has 3 rings (SSSR count). The van der Waals surface area contributed by atoms with E-state index in [0.717, 1.165) is 23.9 Å². The monoisotopic (exact) mass is 316 g/mol. The van der Waals surface area contributed by atoms with Gasteiger partial charge in [-0.05, 0) is 31.0 Å². The highest BCUT2D eigenvalue weighted by molar-refractivity contribution is 5.93. The molecule has 0 saturated heterocycles. The number of amides is 1. The molecule has 0 spiro atoms. The average molecular weight is 316 g/mol. The molecule has 1 aromatic heterocycles. The maximum absolute atomic E-state index is 12.0. The fourth-order valence-electron chi connectivity index (χ4n) is 2.77. The minimum atomic E-state index is -0.141. The number of rotatable bonds is 4. The van der Waals surface area contributed by atoms with Crippen LogP contribution in [0.25, 0.3) is 11.1 Å². The summed E-state index contributed by atoms with van der Waals surface area (Å²) in [4.78, 5) is 16.5. The lowest BCUT2D eigenvalue weighted by atomic mass is 9.97. The largest absolute Gasteiger partial charge is 0.440 e. The summed E-state index contributed by atoms with van der Waals surface area (Å²) in [6, 6.07) is 5.50. The van der Waals surface area contributed by atoms with Crippen molar-refractivity contribution < 1.29 is 13.9 Å². The standard InChI is InChI=1S/C18H24N2O3/c1-18(2,3)17-20-14-10-12(8-9-15(14)23-17)19-16(21)11-22-13-6-4-5-7-13/h8-10,13H,4-7,11H2,1-3H3,(H,19,21). The van der Waals surface area contributed by atoms with Gasteiger partial charge in [-0.25, -0.2) is 4.98 Å². The van der Waals surface area contributed by atoms with E-state index < -0.39 is 0 Å². The maximum Gasteiger partial charge on any atom is 0.250 e. The smallest absolute Gasteiger partial charge is 0.250 e. The third-order valence-electron chi connectivity index (χ3n) is 4.07. The Balaban J connectivity index is 1.64. The van der Waals surface area contributed by atoms with Gasteiger partial charge in [0.05, 0.1) is 6.10 Å². The Labute approximate surface area is 136 Å². The Bertz CT molecular complexity index is 694. The molecule has 23 heavy (non-hydrogen) atoms. The van der Waals surface area contributed by atoms with Gasteiger partial charge in [-0.3, -0.25) is 4.79 Å². The topological polar surface area (TPSA) is 64.4 Å². The molecular formula is C18H24N2O3. The Morgan fingerprint density at radius 1 is 1.35 bits per heavy atom. The predicted molar refractivity (Wildman–Crippen MR) is 89.5 cm³/mol. The van der Waals surface area contributed by atoms with Crippen molar-refractivity contribution in [2.24, 2.45) is 0 Å². The van der Waals surface area contributed by atoms with E-state index in [4.69, 9.17) is 9.15 Å². The quantitative estimate of drug-likeness (QED) is 0.925. The van der Waals surface area contributed by atoms with Gasteiger partial charge >= 0.3 is 0 Å². The number of carbonyl (C=O) groups is 1. The highest BCUT2D eigenvalue weighted by Gasteiger charge is 2.21. The number of carbonyl (C=O) groups excluding carboxylic acids is 1. The van der Waals surface area contributed by atoms with Crippen LogP contribution >= 0.6 is 0 Å². The maximum atomic E-state index is 12.0. The molecule has 124 valence electrons. The summed E-state index contributed by atoms with van der Waals surface area (Å²) in [6.07, 6.45) is 4.77. The third-order valence-corrected chi connectivity index (χ3v) is 4.07. The molecule has 0 atom stereocenters. The molecule has 1 amide bonds. The van der Waals surface area contributed by atoms with Gasteiger partial charge in [0.2, 0.25) is 11.8 Å². The summed E-state index contributed by atoms with van der Waals surface area (Å²) < 4.78 is 11.4. The van der Waals surface area contributed by atoms with E-state index in [0.29, 0.717) is 11.6 Å². The minimum absolute atomic E-state index is 0.106. The van der Waals surface area contributed by atoms with Crippen LogP contribution in [0.5, 0.6) is 0 Å². The van der Waals surface area contributed by atoms with E-state index in [1.165, 1.54) is 12.8 Å². The molecule has 1 heterocycles. The zero-order valence-electron chi connectivity index (χ0n) is 14.0. The number of hydrogen-bond donors (Lipinski definition) is 1. The molecule has 5 heteroatoms. The van der Waals surface area contributed by atoms with E-state index in [1.54, 1.807) is 0 Å². The molecule has 1 N–H and O–H groups in total. The molecule has 0 bridgehead atoms. The van der Waals surface area contributed by atoms with E-state index in [1.807, 2.05) is 18.2 Å². The van der Waals surface area contributed by atoms with Crippen molar-refractivity contribution in [1.82, 2.24) is 4.98 Å². The zero-order valence-corrected chi connectivity index (χ0v) is 14.0.